The molecule has 0 atom stereocenters. The molecule has 5 rings (SSSR count). The molecule has 1 aliphatic heterocycles. The number of fused-ring (bicyclic) bond motifs is 2. The van der Waals surface area contributed by atoms with Crippen LogP contribution >= 0.6 is 11.6 Å². The zero-order valence-electron chi connectivity index (χ0n) is 18.5. The van der Waals surface area contributed by atoms with E-state index in [1.54, 1.807) is 4.90 Å². The SMILES string of the molecule is C=CC(=O)N1CC(NC(=O)Cn2c(C)c3c4c(c(Cl)ccc42)C(C)(C)c2ccccc2-3)C1. The van der Waals surface area contributed by atoms with Crippen molar-refractivity contribution in [1.29, 1.82) is 0 Å². The minimum absolute atomic E-state index is 0.0200. The lowest BCUT2D eigenvalue weighted by Crippen LogP contribution is -2.61. The average molecular weight is 448 g/mol. The Morgan fingerprint density at radius 2 is 1.94 bits per heavy atom. The molecule has 0 radical (unpaired) electrons. The van der Waals surface area contributed by atoms with E-state index in [2.05, 4.69) is 61.5 Å². The molecule has 3 aromatic rings. The van der Waals surface area contributed by atoms with Crippen LogP contribution in [0.1, 0.15) is 30.7 Å². The quantitative estimate of drug-likeness (QED) is 0.602. The van der Waals surface area contributed by atoms with Gasteiger partial charge in [0.15, 0.2) is 0 Å². The number of amides is 2. The topological polar surface area (TPSA) is 54.3 Å². The number of likely N-dealkylation sites (tertiary alicyclic amines) is 1. The highest BCUT2D eigenvalue weighted by molar-refractivity contribution is 6.33. The van der Waals surface area contributed by atoms with Crippen molar-refractivity contribution in [1.82, 2.24) is 14.8 Å². The van der Waals surface area contributed by atoms with E-state index in [1.165, 1.54) is 17.2 Å². The van der Waals surface area contributed by atoms with Gasteiger partial charge in [-0.2, -0.15) is 0 Å². The zero-order valence-corrected chi connectivity index (χ0v) is 19.3. The molecular formula is C26H26ClN3O2. The van der Waals surface area contributed by atoms with E-state index in [0.29, 0.717) is 13.1 Å². The summed E-state index contributed by atoms with van der Waals surface area (Å²) < 4.78 is 2.09. The number of nitrogens with zero attached hydrogens (tertiary/aromatic N) is 2. The lowest BCUT2D eigenvalue weighted by Gasteiger charge is -2.38. The van der Waals surface area contributed by atoms with Gasteiger partial charge in [-0.3, -0.25) is 9.59 Å². The molecule has 0 spiro atoms. The molecule has 1 fully saturated rings. The monoisotopic (exact) mass is 447 g/mol. The Hall–Kier alpha value is -3.05. The molecule has 2 heterocycles. The summed E-state index contributed by atoms with van der Waals surface area (Å²) in [5.41, 5.74) is 6.55. The maximum absolute atomic E-state index is 12.9. The van der Waals surface area contributed by atoms with Crippen molar-refractivity contribution in [3.63, 3.8) is 0 Å². The van der Waals surface area contributed by atoms with Gasteiger partial charge in [0.25, 0.3) is 0 Å². The number of hydrogen-bond donors (Lipinski definition) is 1. The van der Waals surface area contributed by atoms with Crippen LogP contribution in [0.4, 0.5) is 0 Å². The molecule has 2 aliphatic rings. The number of hydrogen-bond acceptors (Lipinski definition) is 2. The maximum atomic E-state index is 12.9. The van der Waals surface area contributed by atoms with E-state index < -0.39 is 0 Å². The molecule has 1 aromatic heterocycles. The van der Waals surface area contributed by atoms with Crippen LogP contribution in [0.25, 0.3) is 22.0 Å². The van der Waals surface area contributed by atoms with Gasteiger partial charge < -0.3 is 14.8 Å². The zero-order chi connectivity index (χ0) is 22.8. The summed E-state index contributed by atoms with van der Waals surface area (Å²) in [5.74, 6) is -0.160. The minimum Gasteiger partial charge on any atom is -0.348 e. The van der Waals surface area contributed by atoms with Crippen LogP contribution in [-0.2, 0) is 21.5 Å². The number of rotatable bonds is 4. The second kappa shape index (κ2) is 7.24. The third-order valence-corrected chi connectivity index (χ3v) is 7.28. The second-order valence-corrected chi connectivity index (χ2v) is 9.65. The van der Waals surface area contributed by atoms with Gasteiger partial charge in [0, 0.05) is 45.7 Å². The third kappa shape index (κ3) is 2.91. The second-order valence-electron chi connectivity index (χ2n) is 9.25. The molecule has 0 bridgehead atoms. The first-order valence-electron chi connectivity index (χ1n) is 10.9. The third-order valence-electron chi connectivity index (χ3n) is 6.97. The number of carbonyl (C=O) groups is 2. The first kappa shape index (κ1) is 20.8. The first-order chi connectivity index (χ1) is 15.2. The van der Waals surface area contributed by atoms with Gasteiger partial charge in [-0.15, -0.1) is 0 Å². The molecular weight excluding hydrogens is 422 g/mol. The van der Waals surface area contributed by atoms with Crippen molar-refractivity contribution in [3.8, 4) is 11.1 Å². The van der Waals surface area contributed by atoms with Crippen LogP contribution in [0.2, 0.25) is 5.02 Å². The Morgan fingerprint density at radius 3 is 2.66 bits per heavy atom. The van der Waals surface area contributed by atoms with Crippen LogP contribution in [-0.4, -0.2) is 40.4 Å². The fourth-order valence-electron chi connectivity index (χ4n) is 5.36. The number of carbonyl (C=O) groups excluding carboxylic acids is 2. The van der Waals surface area contributed by atoms with Crippen LogP contribution < -0.4 is 5.32 Å². The van der Waals surface area contributed by atoms with E-state index in [1.807, 2.05) is 12.1 Å². The number of nitrogens with one attached hydrogen (secondary N) is 1. The highest BCUT2D eigenvalue weighted by Gasteiger charge is 2.38. The predicted molar refractivity (Wildman–Crippen MR) is 128 cm³/mol. The number of aromatic nitrogens is 1. The van der Waals surface area contributed by atoms with Crippen molar-refractivity contribution in [2.75, 3.05) is 13.1 Å². The van der Waals surface area contributed by atoms with Crippen molar-refractivity contribution >= 4 is 34.3 Å². The van der Waals surface area contributed by atoms with Gasteiger partial charge in [0.1, 0.15) is 6.54 Å². The summed E-state index contributed by atoms with van der Waals surface area (Å²) in [7, 11) is 0. The fraction of sp³-hybridized carbons (Fsp3) is 0.308. The number of halogens is 1. The van der Waals surface area contributed by atoms with Gasteiger partial charge in [-0.25, -0.2) is 0 Å². The smallest absolute Gasteiger partial charge is 0.246 e. The summed E-state index contributed by atoms with van der Waals surface area (Å²) in [4.78, 5) is 26.2. The Morgan fingerprint density at radius 1 is 1.22 bits per heavy atom. The van der Waals surface area contributed by atoms with Crippen molar-refractivity contribution < 1.29 is 9.59 Å². The average Bonchev–Trinajstić information content (AvgIpc) is 3.00. The lowest BCUT2D eigenvalue weighted by molar-refractivity contribution is -0.133. The summed E-state index contributed by atoms with van der Waals surface area (Å²) in [6, 6.07) is 12.4. The molecule has 5 nitrogen and oxygen atoms in total. The summed E-state index contributed by atoms with van der Waals surface area (Å²) in [6.07, 6.45) is 1.30. The van der Waals surface area contributed by atoms with Gasteiger partial charge in [-0.05, 0) is 41.8 Å². The van der Waals surface area contributed by atoms with E-state index in [0.717, 1.165) is 32.7 Å². The molecule has 2 amide bonds. The Bertz CT molecular complexity index is 1300. The first-order valence-corrected chi connectivity index (χ1v) is 11.2. The highest BCUT2D eigenvalue weighted by atomic mass is 35.5. The molecule has 0 saturated carbocycles. The fourth-order valence-corrected chi connectivity index (χ4v) is 5.76. The van der Waals surface area contributed by atoms with Gasteiger partial charge in [0.2, 0.25) is 11.8 Å². The predicted octanol–water partition coefficient (Wildman–Crippen LogP) is 4.42. The molecule has 2 aromatic carbocycles. The van der Waals surface area contributed by atoms with Gasteiger partial charge >= 0.3 is 0 Å². The standard InChI is InChI=1S/C26H26ClN3O2/c1-5-22(32)29-12-16(13-29)28-21(31)14-30-15(2)23-17-8-6-7-9-18(17)26(3,4)25-19(27)10-11-20(30)24(23)25/h5-11,16H,1,12-14H2,2-4H3,(H,28,31). The van der Waals surface area contributed by atoms with Crippen LogP contribution in [0.5, 0.6) is 0 Å². The molecule has 1 N–H and O–H groups in total. The highest BCUT2D eigenvalue weighted by Crippen LogP contribution is 2.52. The summed E-state index contributed by atoms with van der Waals surface area (Å²) in [6.45, 7) is 11.3. The van der Waals surface area contributed by atoms with E-state index >= 15 is 0 Å². The minimum atomic E-state index is -0.242. The van der Waals surface area contributed by atoms with Crippen molar-refractivity contribution in [2.45, 2.75) is 38.8 Å². The molecule has 164 valence electrons. The summed E-state index contributed by atoms with van der Waals surface area (Å²) >= 11 is 6.75. The molecule has 1 saturated heterocycles. The summed E-state index contributed by atoms with van der Waals surface area (Å²) in [5, 5.41) is 4.94. The molecule has 32 heavy (non-hydrogen) atoms. The molecule has 0 unspecified atom stereocenters. The Labute approximate surface area is 192 Å². The molecule has 1 aliphatic carbocycles. The molecule has 6 heteroatoms. The van der Waals surface area contributed by atoms with Crippen LogP contribution in [0, 0.1) is 6.92 Å². The van der Waals surface area contributed by atoms with E-state index in [4.69, 9.17) is 11.6 Å². The van der Waals surface area contributed by atoms with Crippen molar-refractivity contribution in [2.24, 2.45) is 0 Å². The van der Waals surface area contributed by atoms with Crippen LogP contribution in [0.15, 0.2) is 49.1 Å². The van der Waals surface area contributed by atoms with Crippen molar-refractivity contribution in [3.05, 3.63) is 70.9 Å². The van der Waals surface area contributed by atoms with E-state index in [9.17, 15) is 9.59 Å². The Kier molecular flexibility index (Phi) is 4.71. The lowest BCUT2D eigenvalue weighted by atomic mass is 9.69. The largest absolute Gasteiger partial charge is 0.348 e. The van der Waals surface area contributed by atoms with Gasteiger partial charge in [-0.1, -0.05) is 56.3 Å². The van der Waals surface area contributed by atoms with Crippen LogP contribution in [0.3, 0.4) is 0 Å². The van der Waals surface area contributed by atoms with Gasteiger partial charge in [0.05, 0.1) is 6.04 Å². The normalized spacial score (nSPS) is 16.4. The Balaban J connectivity index is 1.53. The van der Waals surface area contributed by atoms with E-state index in [-0.39, 0.29) is 29.8 Å². The number of benzene rings is 2. The maximum Gasteiger partial charge on any atom is 0.246 e.